The molecule has 0 radical (unpaired) electrons. The SMILES string of the molecule is CC.CC(=O)Nc1cccn(CC(=O)NC(CC(=O)O)C(=O)COc2c(F)c(F)cc(F)c2F)c1=O. The maximum absolute atomic E-state index is 13.7. The molecule has 1 unspecified atom stereocenters. The highest BCUT2D eigenvalue weighted by Gasteiger charge is 2.27. The molecule has 0 aliphatic carbocycles. The summed E-state index contributed by atoms with van der Waals surface area (Å²) in [6, 6.07) is 0.772. The lowest BCUT2D eigenvalue weighted by Crippen LogP contribution is -2.46. The number of carboxylic acid groups (broad SMARTS) is 1. The van der Waals surface area contributed by atoms with E-state index in [2.05, 4.69) is 10.1 Å². The number of rotatable bonds is 10. The van der Waals surface area contributed by atoms with Gasteiger partial charge in [-0.05, 0) is 12.1 Å². The normalized spacial score (nSPS) is 11.0. The van der Waals surface area contributed by atoms with Gasteiger partial charge in [0.1, 0.15) is 24.9 Å². The van der Waals surface area contributed by atoms with E-state index in [4.69, 9.17) is 5.11 Å². The van der Waals surface area contributed by atoms with Crippen LogP contribution in [0.2, 0.25) is 0 Å². The first kappa shape index (κ1) is 29.8. The zero-order valence-electron chi connectivity index (χ0n) is 19.4. The molecule has 0 fully saturated rings. The molecule has 1 aromatic heterocycles. The van der Waals surface area contributed by atoms with Crippen LogP contribution in [-0.4, -0.2) is 45.9 Å². The minimum absolute atomic E-state index is 0.0737. The second-order valence-corrected chi connectivity index (χ2v) is 6.81. The molecule has 14 heteroatoms. The van der Waals surface area contributed by atoms with Gasteiger partial charge in [-0.25, -0.2) is 8.78 Å². The molecular weight excluding hydrogens is 494 g/mol. The zero-order valence-corrected chi connectivity index (χ0v) is 19.4. The van der Waals surface area contributed by atoms with Gasteiger partial charge < -0.3 is 25.0 Å². The maximum Gasteiger partial charge on any atom is 0.305 e. The number of nitrogens with one attached hydrogen (secondary N) is 2. The number of pyridine rings is 1. The van der Waals surface area contributed by atoms with E-state index < -0.39 is 83.8 Å². The van der Waals surface area contributed by atoms with Gasteiger partial charge in [0.25, 0.3) is 5.56 Å². The van der Waals surface area contributed by atoms with E-state index in [0.29, 0.717) is 0 Å². The molecule has 2 amide bonds. The van der Waals surface area contributed by atoms with Gasteiger partial charge in [0.2, 0.25) is 23.4 Å². The summed E-state index contributed by atoms with van der Waals surface area (Å²) in [4.78, 5) is 59.1. The fourth-order valence-corrected chi connectivity index (χ4v) is 2.68. The number of carbonyl (C=O) groups is 4. The number of benzene rings is 1. The molecule has 2 rings (SSSR count). The number of aromatic nitrogens is 1. The van der Waals surface area contributed by atoms with E-state index in [1.807, 2.05) is 19.2 Å². The van der Waals surface area contributed by atoms with Crippen LogP contribution < -0.4 is 20.9 Å². The van der Waals surface area contributed by atoms with Gasteiger partial charge >= 0.3 is 5.97 Å². The van der Waals surface area contributed by atoms with Crippen LogP contribution in [0.1, 0.15) is 27.2 Å². The van der Waals surface area contributed by atoms with Gasteiger partial charge in [-0.2, -0.15) is 8.78 Å². The quantitative estimate of drug-likeness (QED) is 0.323. The van der Waals surface area contributed by atoms with E-state index in [9.17, 15) is 41.5 Å². The Kier molecular flexibility index (Phi) is 11.3. The van der Waals surface area contributed by atoms with Gasteiger partial charge in [-0.3, -0.25) is 24.0 Å². The molecule has 36 heavy (non-hydrogen) atoms. The van der Waals surface area contributed by atoms with Crippen LogP contribution in [0.5, 0.6) is 5.75 Å². The third kappa shape index (κ3) is 8.21. The Morgan fingerprint density at radius 1 is 1.08 bits per heavy atom. The molecule has 1 heterocycles. The molecule has 0 aliphatic rings. The van der Waals surface area contributed by atoms with Crippen LogP contribution in [0.4, 0.5) is 23.2 Å². The number of anilines is 1. The van der Waals surface area contributed by atoms with E-state index >= 15 is 0 Å². The first-order chi connectivity index (χ1) is 16.9. The fraction of sp³-hybridized carbons (Fsp3) is 0.318. The summed E-state index contributed by atoms with van der Waals surface area (Å²) < 4.78 is 59.2. The summed E-state index contributed by atoms with van der Waals surface area (Å²) in [5, 5.41) is 13.3. The van der Waals surface area contributed by atoms with Crippen molar-refractivity contribution in [3.8, 4) is 5.75 Å². The Bertz CT molecular complexity index is 1170. The highest BCUT2D eigenvalue weighted by molar-refractivity contribution is 5.93. The topological polar surface area (TPSA) is 144 Å². The lowest BCUT2D eigenvalue weighted by atomic mass is 10.1. The lowest BCUT2D eigenvalue weighted by molar-refractivity contribution is -0.140. The van der Waals surface area contributed by atoms with Crippen molar-refractivity contribution in [1.29, 1.82) is 0 Å². The minimum Gasteiger partial charge on any atom is -0.481 e. The molecule has 10 nitrogen and oxygen atoms in total. The van der Waals surface area contributed by atoms with Crippen molar-refractivity contribution in [2.24, 2.45) is 0 Å². The molecule has 1 aromatic carbocycles. The first-order valence-corrected chi connectivity index (χ1v) is 10.4. The maximum atomic E-state index is 13.7. The molecule has 196 valence electrons. The van der Waals surface area contributed by atoms with E-state index in [0.717, 1.165) is 11.5 Å². The monoisotopic (exact) mass is 517 g/mol. The Morgan fingerprint density at radius 3 is 2.19 bits per heavy atom. The van der Waals surface area contributed by atoms with Gasteiger partial charge in [-0.1, -0.05) is 13.8 Å². The molecule has 0 aliphatic heterocycles. The molecule has 1 atom stereocenters. The third-order valence-electron chi connectivity index (χ3n) is 4.18. The predicted molar refractivity (Wildman–Crippen MR) is 117 cm³/mol. The first-order valence-electron chi connectivity index (χ1n) is 10.4. The number of ether oxygens (including phenoxy) is 1. The third-order valence-corrected chi connectivity index (χ3v) is 4.18. The zero-order chi connectivity index (χ0) is 27.6. The number of hydrogen-bond acceptors (Lipinski definition) is 6. The van der Waals surface area contributed by atoms with Crippen molar-refractivity contribution in [2.75, 3.05) is 11.9 Å². The van der Waals surface area contributed by atoms with E-state index in [-0.39, 0.29) is 11.8 Å². The predicted octanol–water partition coefficient (Wildman–Crippen LogP) is 2.00. The molecule has 0 saturated heterocycles. The summed E-state index contributed by atoms with van der Waals surface area (Å²) in [7, 11) is 0. The largest absolute Gasteiger partial charge is 0.481 e. The summed E-state index contributed by atoms with van der Waals surface area (Å²) in [5.74, 6) is -13.2. The highest BCUT2D eigenvalue weighted by atomic mass is 19.2. The van der Waals surface area contributed by atoms with Crippen molar-refractivity contribution < 1.29 is 46.6 Å². The number of ketones is 1. The lowest BCUT2D eigenvalue weighted by Gasteiger charge is -2.17. The van der Waals surface area contributed by atoms with Crippen LogP contribution in [0.15, 0.2) is 29.2 Å². The standard InChI is InChI=1S/C20H17F4N3O7.C2H6/c1-9(28)25-12-3-2-4-27(20(12)33)7-15(30)26-13(6-16(31)32)14(29)8-34-19-17(23)10(21)5-11(22)18(19)24;1-2/h2-5,13H,6-8H2,1H3,(H,25,28)(H,26,30)(H,31,32);1-2H3. The van der Waals surface area contributed by atoms with Crippen molar-refractivity contribution in [3.63, 3.8) is 0 Å². The number of nitrogens with zero attached hydrogens (tertiary/aromatic N) is 1. The second-order valence-electron chi connectivity index (χ2n) is 6.81. The van der Waals surface area contributed by atoms with Crippen LogP contribution in [0.25, 0.3) is 0 Å². The van der Waals surface area contributed by atoms with Gasteiger partial charge in [-0.15, -0.1) is 0 Å². The average Bonchev–Trinajstić information content (AvgIpc) is 2.80. The minimum atomic E-state index is -1.91. The van der Waals surface area contributed by atoms with Gasteiger partial charge in [0, 0.05) is 19.2 Å². The second kappa shape index (κ2) is 13.6. The van der Waals surface area contributed by atoms with E-state index in [1.165, 1.54) is 18.3 Å². The number of halogens is 4. The summed E-state index contributed by atoms with van der Waals surface area (Å²) in [6.45, 7) is 3.23. The Hall–Kier alpha value is -4.23. The van der Waals surface area contributed by atoms with Crippen molar-refractivity contribution in [1.82, 2.24) is 9.88 Å². The molecule has 3 N–H and O–H groups in total. The van der Waals surface area contributed by atoms with Crippen molar-refractivity contribution >= 4 is 29.3 Å². The van der Waals surface area contributed by atoms with Crippen LogP contribution in [-0.2, 0) is 25.7 Å². The van der Waals surface area contributed by atoms with Crippen LogP contribution in [0.3, 0.4) is 0 Å². The smallest absolute Gasteiger partial charge is 0.305 e. The Balaban J connectivity index is 0.00000316. The van der Waals surface area contributed by atoms with Gasteiger partial charge in [0.15, 0.2) is 23.2 Å². The van der Waals surface area contributed by atoms with Crippen molar-refractivity contribution in [2.45, 2.75) is 39.8 Å². The van der Waals surface area contributed by atoms with E-state index in [1.54, 1.807) is 0 Å². The Morgan fingerprint density at radius 2 is 1.67 bits per heavy atom. The Labute approximate surface area is 201 Å². The molecule has 0 saturated carbocycles. The fourth-order valence-electron chi connectivity index (χ4n) is 2.68. The number of carbonyl (C=O) groups excluding carboxylic acids is 3. The number of hydrogen-bond donors (Lipinski definition) is 3. The summed E-state index contributed by atoms with van der Waals surface area (Å²) in [5.41, 5.74) is -0.905. The summed E-state index contributed by atoms with van der Waals surface area (Å²) in [6.07, 6.45) is 0.214. The molecule has 0 bridgehead atoms. The average molecular weight is 517 g/mol. The van der Waals surface area contributed by atoms with Gasteiger partial charge in [0.05, 0.1) is 6.42 Å². The molecular formula is C22H23F4N3O7. The highest BCUT2D eigenvalue weighted by Crippen LogP contribution is 2.26. The van der Waals surface area contributed by atoms with Crippen molar-refractivity contribution in [3.05, 3.63) is 58.0 Å². The number of aliphatic carboxylic acids is 1. The number of Topliss-reactive ketones (excluding diaryl/α,β-unsaturated/α-hetero) is 1. The van der Waals surface area contributed by atoms with Crippen LogP contribution in [0, 0.1) is 23.3 Å². The number of amides is 2. The summed E-state index contributed by atoms with van der Waals surface area (Å²) >= 11 is 0. The number of carboxylic acids is 1. The molecule has 2 aromatic rings. The molecule has 0 spiro atoms. The van der Waals surface area contributed by atoms with Crippen LogP contribution >= 0.6 is 0 Å².